The van der Waals surface area contributed by atoms with Crippen LogP contribution >= 0.6 is 0 Å². The maximum absolute atomic E-state index is 10.9. The lowest BCUT2D eigenvalue weighted by molar-refractivity contribution is -0.140. The van der Waals surface area contributed by atoms with Crippen molar-refractivity contribution in [3.8, 4) is 0 Å². The molecule has 0 aliphatic heterocycles. The molecule has 0 aromatic rings. The summed E-state index contributed by atoms with van der Waals surface area (Å²) in [4.78, 5) is 15.6. The molecule has 2 rings (SSSR count). The van der Waals surface area contributed by atoms with Crippen molar-refractivity contribution in [3.63, 3.8) is 0 Å². The van der Waals surface area contributed by atoms with Crippen LogP contribution < -0.4 is 0 Å². The lowest BCUT2D eigenvalue weighted by atomic mass is 9.71. The number of carbonyl (C=O) groups excluding carboxylic acids is 1. The Morgan fingerprint density at radius 3 is 1.87 bits per heavy atom. The van der Waals surface area contributed by atoms with Crippen LogP contribution in [0.15, 0.2) is 16.8 Å². The summed E-state index contributed by atoms with van der Waals surface area (Å²) < 4.78 is 0. The van der Waals surface area contributed by atoms with Crippen LogP contribution in [0.4, 0.5) is 0 Å². The van der Waals surface area contributed by atoms with E-state index < -0.39 is 0 Å². The van der Waals surface area contributed by atoms with Crippen LogP contribution in [0.2, 0.25) is 0 Å². The normalized spacial score (nSPS) is 21.3. The minimum atomic E-state index is -0.360. The number of rotatable bonds is 5. The average molecular weight is 319 g/mol. The van der Waals surface area contributed by atoms with Crippen LogP contribution in [0.5, 0.6) is 0 Å². The Kier molecular flexibility index (Phi) is 6.86. The van der Waals surface area contributed by atoms with Gasteiger partial charge in [-0.1, -0.05) is 69.2 Å². The highest BCUT2D eigenvalue weighted by Gasteiger charge is 2.28. The van der Waals surface area contributed by atoms with E-state index >= 15 is 0 Å². The number of hydrogen-bond acceptors (Lipinski definition) is 3. The van der Waals surface area contributed by atoms with Gasteiger partial charge in [0.15, 0.2) is 0 Å². The molecule has 0 aromatic heterocycles. The van der Waals surface area contributed by atoms with E-state index in [1.54, 1.807) is 11.8 Å². The molecule has 0 aromatic carbocycles. The van der Waals surface area contributed by atoms with Gasteiger partial charge < -0.3 is 4.84 Å². The summed E-state index contributed by atoms with van der Waals surface area (Å²) in [6.07, 6.45) is 17.9. The fraction of sp³-hybridized carbons (Fsp3) is 0.800. The first-order valence-corrected chi connectivity index (χ1v) is 9.43. The number of oxime groups is 1. The number of allylic oxidation sites excluding steroid dienone is 2. The Balaban J connectivity index is 2.16. The van der Waals surface area contributed by atoms with Gasteiger partial charge in [0.05, 0.1) is 6.21 Å². The maximum Gasteiger partial charge on any atom is 0.331 e. The minimum absolute atomic E-state index is 0.167. The van der Waals surface area contributed by atoms with Gasteiger partial charge in [0, 0.05) is 12.3 Å². The molecule has 3 heteroatoms. The molecule has 2 aliphatic carbocycles. The molecule has 0 atom stereocenters. The quantitative estimate of drug-likeness (QED) is 0.284. The van der Waals surface area contributed by atoms with Crippen LogP contribution in [0.25, 0.3) is 0 Å². The third kappa shape index (κ3) is 6.12. The van der Waals surface area contributed by atoms with Crippen molar-refractivity contribution >= 4 is 12.2 Å². The molecule has 0 amide bonds. The highest BCUT2D eigenvalue weighted by molar-refractivity contribution is 5.70. The van der Waals surface area contributed by atoms with Gasteiger partial charge in [0.1, 0.15) is 0 Å². The molecule has 0 bridgehead atoms. The van der Waals surface area contributed by atoms with E-state index in [0.29, 0.717) is 0 Å². The summed E-state index contributed by atoms with van der Waals surface area (Å²) >= 11 is 0. The standard InChI is InChI=1S/C20H33NO2/c1-16(22)23-21-15-20(2,3)14-19(17-10-6-4-7-11-17)18-12-8-5-9-13-18/h14-15,17-18H,4-13H2,1-3H3/b21-15+. The van der Waals surface area contributed by atoms with Gasteiger partial charge in [0.2, 0.25) is 0 Å². The number of carbonyl (C=O) groups is 1. The van der Waals surface area contributed by atoms with Crippen LogP contribution in [-0.2, 0) is 9.63 Å². The molecule has 0 radical (unpaired) electrons. The van der Waals surface area contributed by atoms with E-state index in [2.05, 4.69) is 25.1 Å². The van der Waals surface area contributed by atoms with Crippen LogP contribution in [0.1, 0.15) is 85.0 Å². The van der Waals surface area contributed by atoms with E-state index in [4.69, 9.17) is 4.84 Å². The molecule has 23 heavy (non-hydrogen) atoms. The van der Waals surface area contributed by atoms with Crippen molar-refractivity contribution < 1.29 is 9.63 Å². The highest BCUT2D eigenvalue weighted by atomic mass is 16.7. The summed E-state index contributed by atoms with van der Waals surface area (Å²) in [7, 11) is 0. The second-order valence-electron chi connectivity index (χ2n) is 7.95. The first-order valence-electron chi connectivity index (χ1n) is 9.43. The first kappa shape index (κ1) is 18.2. The molecule has 0 heterocycles. The predicted octanol–water partition coefficient (Wildman–Crippen LogP) is 5.65. The zero-order chi connectivity index (χ0) is 16.7. The smallest absolute Gasteiger partial charge is 0.319 e. The molecular formula is C20H33NO2. The van der Waals surface area contributed by atoms with E-state index in [9.17, 15) is 4.79 Å². The first-order chi connectivity index (χ1) is 11.0. The Bertz CT molecular complexity index is 419. The third-order valence-electron chi connectivity index (χ3n) is 5.26. The van der Waals surface area contributed by atoms with E-state index in [1.807, 2.05) is 0 Å². The van der Waals surface area contributed by atoms with Crippen molar-refractivity contribution in [2.75, 3.05) is 0 Å². The van der Waals surface area contributed by atoms with Crippen LogP contribution in [0, 0.1) is 17.3 Å². The zero-order valence-electron chi connectivity index (χ0n) is 15.1. The van der Waals surface area contributed by atoms with Gasteiger partial charge in [-0.25, -0.2) is 4.79 Å². The number of nitrogens with zero attached hydrogens (tertiary/aromatic N) is 1. The average Bonchev–Trinajstić information content (AvgIpc) is 2.54. The molecule has 3 nitrogen and oxygen atoms in total. The van der Waals surface area contributed by atoms with Gasteiger partial charge in [-0.3, -0.25) is 0 Å². The summed E-state index contributed by atoms with van der Waals surface area (Å²) in [6.45, 7) is 5.70. The lowest BCUT2D eigenvalue weighted by Crippen LogP contribution is -2.22. The Morgan fingerprint density at radius 1 is 0.957 bits per heavy atom. The van der Waals surface area contributed by atoms with Gasteiger partial charge in [-0.15, -0.1) is 0 Å². The largest absolute Gasteiger partial charge is 0.331 e. The van der Waals surface area contributed by atoms with Crippen molar-refractivity contribution in [2.24, 2.45) is 22.4 Å². The zero-order valence-corrected chi connectivity index (χ0v) is 15.1. The fourth-order valence-corrected chi connectivity index (χ4v) is 4.14. The fourth-order valence-electron chi connectivity index (χ4n) is 4.14. The second-order valence-corrected chi connectivity index (χ2v) is 7.95. The van der Waals surface area contributed by atoms with Crippen molar-refractivity contribution in [3.05, 3.63) is 11.6 Å². The van der Waals surface area contributed by atoms with Gasteiger partial charge in [-0.05, 0) is 37.5 Å². The third-order valence-corrected chi connectivity index (χ3v) is 5.26. The molecule has 0 spiro atoms. The Hall–Kier alpha value is -1.12. The van der Waals surface area contributed by atoms with E-state index in [1.165, 1.54) is 71.1 Å². The molecule has 130 valence electrons. The molecular weight excluding hydrogens is 286 g/mol. The van der Waals surface area contributed by atoms with E-state index in [-0.39, 0.29) is 11.4 Å². The molecule has 0 N–H and O–H groups in total. The monoisotopic (exact) mass is 319 g/mol. The van der Waals surface area contributed by atoms with Crippen molar-refractivity contribution in [1.82, 2.24) is 0 Å². The van der Waals surface area contributed by atoms with Crippen molar-refractivity contribution in [1.29, 1.82) is 0 Å². The van der Waals surface area contributed by atoms with Crippen molar-refractivity contribution in [2.45, 2.75) is 85.0 Å². The predicted molar refractivity (Wildman–Crippen MR) is 95.3 cm³/mol. The van der Waals surface area contributed by atoms with Gasteiger partial charge in [-0.2, -0.15) is 0 Å². The van der Waals surface area contributed by atoms with Gasteiger partial charge in [0.25, 0.3) is 0 Å². The molecule has 2 fully saturated rings. The summed E-state index contributed by atoms with van der Waals surface area (Å²) in [5, 5.41) is 3.87. The molecule has 2 aliphatic rings. The number of hydrogen-bond donors (Lipinski definition) is 0. The maximum atomic E-state index is 10.9. The summed E-state index contributed by atoms with van der Waals surface area (Å²) in [6, 6.07) is 0. The van der Waals surface area contributed by atoms with Crippen LogP contribution in [-0.4, -0.2) is 12.2 Å². The van der Waals surface area contributed by atoms with E-state index in [0.717, 1.165) is 11.8 Å². The summed E-state index contributed by atoms with van der Waals surface area (Å²) in [5.74, 6) is 1.15. The summed E-state index contributed by atoms with van der Waals surface area (Å²) in [5.41, 5.74) is 1.50. The lowest BCUT2D eigenvalue weighted by Gasteiger charge is -2.34. The highest BCUT2D eigenvalue weighted by Crippen LogP contribution is 2.41. The van der Waals surface area contributed by atoms with Crippen LogP contribution in [0.3, 0.4) is 0 Å². The topological polar surface area (TPSA) is 38.7 Å². The Labute approximate surface area is 141 Å². The molecule has 2 saturated carbocycles. The second kappa shape index (κ2) is 8.65. The molecule has 0 saturated heterocycles. The minimum Gasteiger partial charge on any atom is -0.319 e. The van der Waals surface area contributed by atoms with Gasteiger partial charge >= 0.3 is 5.97 Å². The SMILES string of the molecule is CC(=O)O/N=C/C(C)(C)C=C(C1CCCCC1)C1CCCCC1. The Morgan fingerprint density at radius 2 is 1.43 bits per heavy atom. The molecule has 0 unspecified atom stereocenters.